The number of fused-ring (bicyclic) bond motifs is 1. The molecule has 0 atom stereocenters. The molecule has 2 saturated carbocycles. The lowest BCUT2D eigenvalue weighted by molar-refractivity contribution is 0.297. The molecule has 6 heteroatoms. The molecule has 0 aromatic carbocycles. The monoisotopic (exact) mass is 330 g/mol. The zero-order chi connectivity index (χ0) is 16.9. The van der Waals surface area contributed by atoms with Crippen molar-refractivity contribution >= 4 is 11.1 Å². The molecule has 0 saturated heterocycles. The summed E-state index contributed by atoms with van der Waals surface area (Å²) >= 11 is 0. The van der Waals surface area contributed by atoms with Crippen LogP contribution in [0.3, 0.4) is 0 Å². The minimum atomic E-state index is -0.522. The Morgan fingerprint density at radius 1 is 1.29 bits per heavy atom. The number of aryl methyl sites for hydroxylation is 1. The standard InChI is InChI=1S/C18H22N2O4/c1-18(8-9-18)7-3-4-11-10-13(21)24-15-14(11)16(22)20(17(23)19-15)12-5-2-6-12/h10,12H,2-9H2,1H3,(H,19,23). The fourth-order valence-corrected chi connectivity index (χ4v) is 3.58. The van der Waals surface area contributed by atoms with E-state index in [0.717, 1.165) is 32.1 Å². The highest BCUT2D eigenvalue weighted by atomic mass is 16.4. The van der Waals surface area contributed by atoms with Crippen molar-refractivity contribution in [2.75, 3.05) is 0 Å². The van der Waals surface area contributed by atoms with Gasteiger partial charge >= 0.3 is 11.3 Å². The summed E-state index contributed by atoms with van der Waals surface area (Å²) in [5, 5.41) is 0.363. The molecule has 4 rings (SSSR count). The molecule has 2 fully saturated rings. The van der Waals surface area contributed by atoms with E-state index in [1.54, 1.807) is 0 Å². The van der Waals surface area contributed by atoms with Gasteiger partial charge in [-0.25, -0.2) is 9.59 Å². The van der Waals surface area contributed by atoms with Gasteiger partial charge in [0, 0.05) is 12.1 Å². The highest BCUT2D eigenvalue weighted by Gasteiger charge is 2.36. The van der Waals surface area contributed by atoms with Crippen LogP contribution in [0.5, 0.6) is 0 Å². The minimum Gasteiger partial charge on any atom is -0.405 e. The molecule has 2 aromatic heterocycles. The van der Waals surface area contributed by atoms with Gasteiger partial charge < -0.3 is 4.42 Å². The molecule has 24 heavy (non-hydrogen) atoms. The first kappa shape index (κ1) is 15.4. The van der Waals surface area contributed by atoms with Crippen LogP contribution in [0.25, 0.3) is 11.1 Å². The van der Waals surface area contributed by atoms with Crippen molar-refractivity contribution in [1.29, 1.82) is 0 Å². The van der Waals surface area contributed by atoms with Crippen LogP contribution in [-0.2, 0) is 6.42 Å². The second-order valence-corrected chi connectivity index (χ2v) is 7.65. The molecule has 0 aliphatic heterocycles. The third kappa shape index (κ3) is 2.64. The van der Waals surface area contributed by atoms with E-state index in [1.807, 2.05) is 0 Å². The van der Waals surface area contributed by atoms with Crippen molar-refractivity contribution in [3.63, 3.8) is 0 Å². The first-order valence-corrected chi connectivity index (χ1v) is 8.78. The lowest BCUT2D eigenvalue weighted by Crippen LogP contribution is -2.41. The van der Waals surface area contributed by atoms with Gasteiger partial charge in [-0.05, 0) is 62.3 Å². The predicted octanol–water partition coefficient (Wildman–Crippen LogP) is 2.49. The van der Waals surface area contributed by atoms with Gasteiger partial charge in [0.25, 0.3) is 5.56 Å². The lowest BCUT2D eigenvalue weighted by atomic mass is 9.92. The summed E-state index contributed by atoms with van der Waals surface area (Å²) in [7, 11) is 0. The van der Waals surface area contributed by atoms with Crippen LogP contribution < -0.4 is 16.9 Å². The van der Waals surface area contributed by atoms with Crippen LogP contribution in [0.15, 0.2) is 24.9 Å². The Labute approximate surface area is 138 Å². The number of nitrogens with one attached hydrogen (secondary N) is 1. The largest absolute Gasteiger partial charge is 0.405 e. The van der Waals surface area contributed by atoms with Crippen LogP contribution >= 0.6 is 0 Å². The quantitative estimate of drug-likeness (QED) is 0.912. The maximum Gasteiger partial charge on any atom is 0.337 e. The maximum atomic E-state index is 12.9. The predicted molar refractivity (Wildman–Crippen MR) is 90.5 cm³/mol. The molecule has 2 aliphatic carbocycles. The summed E-state index contributed by atoms with van der Waals surface area (Å²) in [6, 6.07) is 1.37. The molecule has 2 aromatic rings. The maximum absolute atomic E-state index is 12.9. The van der Waals surface area contributed by atoms with E-state index < -0.39 is 11.3 Å². The molecule has 128 valence electrons. The first-order chi connectivity index (χ1) is 11.5. The van der Waals surface area contributed by atoms with Crippen LogP contribution in [0.2, 0.25) is 0 Å². The van der Waals surface area contributed by atoms with E-state index in [1.165, 1.54) is 23.5 Å². The van der Waals surface area contributed by atoms with Crippen molar-refractivity contribution in [2.45, 2.75) is 64.3 Å². The number of H-pyrrole nitrogens is 1. The Morgan fingerprint density at radius 3 is 2.67 bits per heavy atom. The summed E-state index contributed by atoms with van der Waals surface area (Å²) in [5.74, 6) is 0. The van der Waals surface area contributed by atoms with Crippen molar-refractivity contribution in [3.8, 4) is 0 Å². The highest BCUT2D eigenvalue weighted by molar-refractivity contribution is 5.75. The van der Waals surface area contributed by atoms with Crippen LogP contribution in [0, 0.1) is 5.41 Å². The molecule has 6 nitrogen and oxygen atoms in total. The van der Waals surface area contributed by atoms with Crippen molar-refractivity contribution in [1.82, 2.24) is 9.55 Å². The van der Waals surface area contributed by atoms with Crippen LogP contribution in [-0.4, -0.2) is 9.55 Å². The molecule has 0 amide bonds. The Balaban J connectivity index is 1.78. The molecule has 0 unspecified atom stereocenters. The topological polar surface area (TPSA) is 85.1 Å². The second kappa shape index (κ2) is 5.46. The van der Waals surface area contributed by atoms with Gasteiger partial charge in [0.05, 0.1) is 0 Å². The fraction of sp³-hybridized carbons (Fsp3) is 0.611. The van der Waals surface area contributed by atoms with Gasteiger partial charge in [0.1, 0.15) is 5.39 Å². The lowest BCUT2D eigenvalue weighted by Gasteiger charge is -2.26. The third-order valence-corrected chi connectivity index (χ3v) is 5.68. The van der Waals surface area contributed by atoms with Gasteiger partial charge in [-0.15, -0.1) is 0 Å². The molecular weight excluding hydrogens is 308 g/mol. The van der Waals surface area contributed by atoms with Crippen LogP contribution in [0.4, 0.5) is 0 Å². The highest BCUT2D eigenvalue weighted by Crippen LogP contribution is 2.49. The summed E-state index contributed by atoms with van der Waals surface area (Å²) in [5.41, 5.74) is -0.180. The number of rotatable bonds is 5. The average molecular weight is 330 g/mol. The van der Waals surface area contributed by atoms with Gasteiger partial charge in [-0.3, -0.25) is 14.3 Å². The van der Waals surface area contributed by atoms with E-state index in [2.05, 4.69) is 11.9 Å². The number of nitrogens with zero attached hydrogens (tertiary/aromatic N) is 1. The average Bonchev–Trinajstić information content (AvgIpc) is 3.18. The minimum absolute atomic E-state index is 0.0145. The summed E-state index contributed by atoms with van der Waals surface area (Å²) in [6.07, 6.45) is 7.91. The van der Waals surface area contributed by atoms with Gasteiger partial charge in [0.2, 0.25) is 5.71 Å². The Kier molecular flexibility index (Phi) is 3.51. The molecule has 0 radical (unpaired) electrons. The summed E-state index contributed by atoms with van der Waals surface area (Å²) < 4.78 is 6.39. The number of aromatic amines is 1. The Hall–Kier alpha value is -2.11. The third-order valence-electron chi connectivity index (χ3n) is 5.68. The van der Waals surface area contributed by atoms with Gasteiger partial charge in [-0.2, -0.15) is 0 Å². The SMILES string of the molecule is CC1(CCCc2cc(=O)oc3[nH]c(=O)n(C4CCC4)c(=O)c23)CC1. The van der Waals surface area contributed by atoms with Crippen molar-refractivity contribution in [3.05, 3.63) is 42.9 Å². The molecule has 0 spiro atoms. The molecule has 1 N–H and O–H groups in total. The smallest absolute Gasteiger partial charge is 0.337 e. The van der Waals surface area contributed by atoms with E-state index >= 15 is 0 Å². The Bertz CT molecular complexity index is 958. The van der Waals surface area contributed by atoms with Gasteiger partial charge in [-0.1, -0.05) is 6.92 Å². The zero-order valence-corrected chi connectivity index (χ0v) is 13.9. The normalized spacial score (nSPS) is 19.4. The summed E-state index contributed by atoms with van der Waals surface area (Å²) in [4.78, 5) is 39.5. The molecular formula is C18H22N2O4. The summed E-state index contributed by atoms with van der Waals surface area (Å²) in [6.45, 7) is 2.27. The van der Waals surface area contributed by atoms with E-state index in [4.69, 9.17) is 4.42 Å². The van der Waals surface area contributed by atoms with Gasteiger partial charge in [0.15, 0.2) is 0 Å². The number of hydrogen-bond acceptors (Lipinski definition) is 4. The molecule has 0 bridgehead atoms. The van der Waals surface area contributed by atoms with Crippen molar-refractivity contribution in [2.24, 2.45) is 5.41 Å². The molecule has 2 aliphatic rings. The first-order valence-electron chi connectivity index (χ1n) is 8.78. The van der Waals surface area contributed by atoms with E-state index in [9.17, 15) is 14.4 Å². The Morgan fingerprint density at radius 2 is 2.04 bits per heavy atom. The van der Waals surface area contributed by atoms with Crippen LogP contribution in [0.1, 0.15) is 63.5 Å². The zero-order valence-electron chi connectivity index (χ0n) is 13.9. The molecule has 2 heterocycles. The number of aromatic nitrogens is 2. The fourth-order valence-electron chi connectivity index (χ4n) is 3.58. The number of hydrogen-bond donors (Lipinski definition) is 1. The second-order valence-electron chi connectivity index (χ2n) is 7.65. The van der Waals surface area contributed by atoms with E-state index in [-0.39, 0.29) is 17.3 Å². The van der Waals surface area contributed by atoms with E-state index in [0.29, 0.717) is 22.8 Å². The van der Waals surface area contributed by atoms with Crippen molar-refractivity contribution < 1.29 is 4.42 Å².